The third-order valence-corrected chi connectivity index (χ3v) is 5.63. The van der Waals surface area contributed by atoms with Crippen LogP contribution in [0, 0.1) is 20.8 Å². The van der Waals surface area contributed by atoms with Crippen molar-refractivity contribution in [3.05, 3.63) is 56.3 Å². The summed E-state index contributed by atoms with van der Waals surface area (Å²) >= 11 is 1.81. The monoisotopic (exact) mass is 298 g/mol. The minimum atomic E-state index is 0.125. The number of hydrogen-bond donors (Lipinski definition) is 0. The lowest BCUT2D eigenvalue weighted by Gasteiger charge is -2.22. The van der Waals surface area contributed by atoms with Gasteiger partial charge in [-0.15, -0.1) is 11.3 Å². The number of fused-ring (bicyclic) bond motifs is 1. The molecule has 1 heterocycles. The zero-order valence-corrected chi connectivity index (χ0v) is 13.8. The molecule has 1 aromatic heterocycles. The van der Waals surface area contributed by atoms with Crippen LogP contribution in [0.4, 0.5) is 0 Å². The Kier molecular flexibility index (Phi) is 3.99. The van der Waals surface area contributed by atoms with Gasteiger partial charge in [-0.3, -0.25) is 4.79 Å². The highest BCUT2D eigenvalue weighted by molar-refractivity contribution is 7.10. The van der Waals surface area contributed by atoms with E-state index in [2.05, 4.69) is 44.4 Å². The fraction of sp³-hybridized carbons (Fsp3) is 0.421. The van der Waals surface area contributed by atoms with E-state index in [1.165, 1.54) is 32.7 Å². The summed E-state index contributed by atoms with van der Waals surface area (Å²) in [5.74, 6) is 0.518. The van der Waals surface area contributed by atoms with Gasteiger partial charge in [0.25, 0.3) is 0 Å². The maximum Gasteiger partial charge on any atom is 0.144 e. The molecule has 1 unspecified atom stereocenters. The van der Waals surface area contributed by atoms with Gasteiger partial charge in [0.1, 0.15) is 5.78 Å². The van der Waals surface area contributed by atoms with E-state index in [0.29, 0.717) is 12.2 Å². The molecular weight excluding hydrogens is 276 g/mol. The van der Waals surface area contributed by atoms with Crippen molar-refractivity contribution in [1.29, 1.82) is 0 Å². The second-order valence-corrected chi connectivity index (χ2v) is 7.26. The number of aryl methyl sites for hydroxylation is 4. The summed E-state index contributed by atoms with van der Waals surface area (Å²) in [7, 11) is 0. The highest BCUT2D eigenvalue weighted by Crippen LogP contribution is 2.36. The average molecular weight is 298 g/mol. The van der Waals surface area contributed by atoms with Crippen LogP contribution in [0.25, 0.3) is 0 Å². The predicted octanol–water partition coefficient (Wildman–Crippen LogP) is 4.91. The molecule has 0 saturated carbocycles. The molecule has 0 spiro atoms. The van der Waals surface area contributed by atoms with Crippen molar-refractivity contribution in [1.82, 2.24) is 0 Å². The van der Waals surface area contributed by atoms with Crippen molar-refractivity contribution < 1.29 is 4.79 Å². The van der Waals surface area contributed by atoms with Crippen LogP contribution in [-0.2, 0) is 17.6 Å². The maximum atomic E-state index is 12.8. The molecule has 3 rings (SSSR count). The van der Waals surface area contributed by atoms with Crippen LogP contribution in [0.1, 0.15) is 51.5 Å². The van der Waals surface area contributed by atoms with E-state index in [-0.39, 0.29) is 5.92 Å². The Morgan fingerprint density at radius 2 is 1.95 bits per heavy atom. The summed E-state index contributed by atoms with van der Waals surface area (Å²) in [4.78, 5) is 14.2. The summed E-state index contributed by atoms with van der Waals surface area (Å²) in [6.45, 7) is 6.36. The minimum Gasteiger partial charge on any atom is -0.299 e. The standard InChI is InChI=1S/C19H22OS/c1-12-9-13(2)17(14(3)10-12)11-18(20)15-5-4-6-19-16(15)7-8-21-19/h7-10,15H,4-6,11H2,1-3H3. The van der Waals surface area contributed by atoms with Crippen LogP contribution in [-0.4, -0.2) is 5.78 Å². The van der Waals surface area contributed by atoms with Gasteiger partial charge < -0.3 is 0 Å². The Hall–Kier alpha value is -1.41. The molecule has 0 aliphatic heterocycles. The van der Waals surface area contributed by atoms with Gasteiger partial charge in [-0.25, -0.2) is 0 Å². The molecular formula is C19H22OS. The van der Waals surface area contributed by atoms with E-state index < -0.39 is 0 Å². The van der Waals surface area contributed by atoms with Gasteiger partial charge in [-0.1, -0.05) is 17.7 Å². The molecule has 1 aliphatic carbocycles. The molecule has 21 heavy (non-hydrogen) atoms. The largest absolute Gasteiger partial charge is 0.299 e. The minimum absolute atomic E-state index is 0.125. The van der Waals surface area contributed by atoms with E-state index in [4.69, 9.17) is 0 Å². The highest BCUT2D eigenvalue weighted by Gasteiger charge is 2.27. The summed E-state index contributed by atoms with van der Waals surface area (Å²) in [5.41, 5.74) is 6.31. The first-order valence-corrected chi connectivity index (χ1v) is 8.60. The lowest BCUT2D eigenvalue weighted by molar-refractivity contribution is -0.120. The first-order chi connectivity index (χ1) is 10.1. The molecule has 0 amide bonds. The fourth-order valence-corrected chi connectivity index (χ4v) is 4.59. The molecule has 0 bridgehead atoms. The third-order valence-electron chi connectivity index (χ3n) is 4.63. The third kappa shape index (κ3) is 2.82. The van der Waals surface area contributed by atoms with Crippen LogP contribution in [0.15, 0.2) is 23.6 Å². The van der Waals surface area contributed by atoms with Crippen molar-refractivity contribution in [3.63, 3.8) is 0 Å². The first-order valence-electron chi connectivity index (χ1n) is 7.72. The fourth-order valence-electron chi connectivity index (χ4n) is 3.61. The van der Waals surface area contributed by atoms with Gasteiger partial charge in [0, 0.05) is 17.2 Å². The molecule has 2 heteroatoms. The van der Waals surface area contributed by atoms with Crippen LogP contribution >= 0.6 is 11.3 Å². The smallest absolute Gasteiger partial charge is 0.144 e. The molecule has 110 valence electrons. The number of thiophene rings is 1. The lowest BCUT2D eigenvalue weighted by Crippen LogP contribution is -2.19. The van der Waals surface area contributed by atoms with Crippen LogP contribution < -0.4 is 0 Å². The van der Waals surface area contributed by atoms with Gasteiger partial charge in [-0.2, -0.15) is 0 Å². The molecule has 1 atom stereocenters. The summed E-state index contributed by atoms with van der Waals surface area (Å²) in [6, 6.07) is 6.54. The molecule has 0 radical (unpaired) electrons. The van der Waals surface area contributed by atoms with E-state index in [1.54, 1.807) is 0 Å². The molecule has 0 fully saturated rings. The Bertz CT molecular complexity index is 658. The van der Waals surface area contributed by atoms with Crippen molar-refractivity contribution in [3.8, 4) is 0 Å². The molecule has 2 aromatic rings. The van der Waals surface area contributed by atoms with Crippen molar-refractivity contribution in [2.24, 2.45) is 0 Å². The topological polar surface area (TPSA) is 17.1 Å². The maximum absolute atomic E-state index is 12.8. The average Bonchev–Trinajstić information content (AvgIpc) is 2.90. The quantitative estimate of drug-likeness (QED) is 0.787. The Labute approximate surface area is 131 Å². The van der Waals surface area contributed by atoms with Crippen molar-refractivity contribution >= 4 is 17.1 Å². The van der Waals surface area contributed by atoms with Crippen LogP contribution in [0.3, 0.4) is 0 Å². The molecule has 1 nitrogen and oxygen atoms in total. The van der Waals surface area contributed by atoms with Gasteiger partial charge in [0.2, 0.25) is 0 Å². The van der Waals surface area contributed by atoms with Gasteiger partial charge in [-0.05, 0) is 73.7 Å². The highest BCUT2D eigenvalue weighted by atomic mass is 32.1. The number of Topliss-reactive ketones (excluding diaryl/α,β-unsaturated/α-hetero) is 1. The molecule has 0 N–H and O–H groups in total. The molecule has 1 aromatic carbocycles. The van der Waals surface area contributed by atoms with Crippen molar-refractivity contribution in [2.45, 2.75) is 52.4 Å². The number of carbonyl (C=O) groups is 1. The number of ketones is 1. The van der Waals surface area contributed by atoms with E-state index in [1.807, 2.05) is 11.3 Å². The first kappa shape index (κ1) is 14.5. The Balaban J connectivity index is 1.86. The number of carbonyl (C=O) groups excluding carboxylic acids is 1. The summed E-state index contributed by atoms with van der Waals surface area (Å²) in [6.07, 6.45) is 3.90. The Morgan fingerprint density at radius 3 is 2.67 bits per heavy atom. The van der Waals surface area contributed by atoms with Gasteiger partial charge in [0.15, 0.2) is 0 Å². The zero-order valence-electron chi connectivity index (χ0n) is 13.0. The van der Waals surface area contributed by atoms with Crippen molar-refractivity contribution in [2.75, 3.05) is 0 Å². The summed E-state index contributed by atoms with van der Waals surface area (Å²) in [5, 5.41) is 2.14. The van der Waals surface area contributed by atoms with E-state index >= 15 is 0 Å². The summed E-state index contributed by atoms with van der Waals surface area (Å²) < 4.78 is 0. The van der Waals surface area contributed by atoms with E-state index in [9.17, 15) is 4.79 Å². The number of benzene rings is 1. The van der Waals surface area contributed by atoms with Gasteiger partial charge in [0.05, 0.1) is 0 Å². The number of hydrogen-bond acceptors (Lipinski definition) is 2. The van der Waals surface area contributed by atoms with Gasteiger partial charge >= 0.3 is 0 Å². The van der Waals surface area contributed by atoms with Crippen LogP contribution in [0.2, 0.25) is 0 Å². The Morgan fingerprint density at radius 1 is 1.24 bits per heavy atom. The van der Waals surface area contributed by atoms with Crippen LogP contribution in [0.5, 0.6) is 0 Å². The SMILES string of the molecule is Cc1cc(C)c(CC(=O)C2CCCc3sccc32)c(C)c1. The zero-order chi connectivity index (χ0) is 15.0. The predicted molar refractivity (Wildman–Crippen MR) is 89.4 cm³/mol. The lowest BCUT2D eigenvalue weighted by atomic mass is 9.82. The second-order valence-electron chi connectivity index (χ2n) is 6.26. The normalized spacial score (nSPS) is 17.6. The second kappa shape index (κ2) is 5.76. The molecule has 1 aliphatic rings. The molecule has 0 saturated heterocycles. The number of rotatable bonds is 3. The van der Waals surface area contributed by atoms with E-state index in [0.717, 1.165) is 19.3 Å².